The number of hydrogen-bond donors (Lipinski definition) is 0. The van der Waals surface area contributed by atoms with Gasteiger partial charge in [-0.3, -0.25) is 0 Å². The summed E-state index contributed by atoms with van der Waals surface area (Å²) in [5.41, 5.74) is 12.0. The van der Waals surface area contributed by atoms with Gasteiger partial charge in [-0.25, -0.2) is 0 Å². The van der Waals surface area contributed by atoms with E-state index >= 15 is 0 Å². The third-order valence-electron chi connectivity index (χ3n) is 14.7. The van der Waals surface area contributed by atoms with Crippen LogP contribution in [0.15, 0.2) is 243 Å². The van der Waals surface area contributed by atoms with E-state index in [2.05, 4.69) is 212 Å². The molecule has 8 nitrogen and oxygen atoms in total. The molecule has 0 radical (unpaired) electrons. The largest absolute Gasteiger partial charge is 0.497 e. The van der Waals surface area contributed by atoms with Gasteiger partial charge in [0.1, 0.15) is 23.0 Å². The molecule has 8 bridgehead atoms. The van der Waals surface area contributed by atoms with Gasteiger partial charge in [-0.15, -0.1) is 0 Å². The standard InChI is InChI=1S/C68H52N4O4/c1-73-53-35-27-45(28-36-53)69-49-15-13-16-50(43-49)70(46-29-37-54(74-2)38-30-46)67-61-23-9-11-25-63(61)68(64-26-12-10-24-62(64)67)72(48-33-41-56(76-4)42-34-48)52-18-14-17-51(44-52)71(47-31-39-55(75-3)40-32-47)66-59-21-7-5-19-57(59)65(69)58-20-6-8-22-60(58)66/h5-44H,1-4H3. The highest BCUT2D eigenvalue weighted by molar-refractivity contribution is 6.26. The van der Waals surface area contributed by atoms with Crippen LogP contribution in [-0.2, 0) is 0 Å². The number of fused-ring (bicyclic) bond motifs is 10. The SMILES string of the molecule is COc1ccc(-n2c3cccc(c3)n(-c3ccc(OC)cc3)c3c4ccccc4c(c4ccccc43)n(-c3ccc(OC)cc3)c3cccc(c3)n(-c3ccc(OC)cc3)c3c4ccccc4c2c2ccccc23)cc1. The Morgan fingerprint density at radius 2 is 0.395 bits per heavy atom. The number of methoxy groups -OCH3 is 4. The highest BCUT2D eigenvalue weighted by Crippen LogP contribution is 2.41. The molecule has 0 saturated heterocycles. The number of hydrogen-bond acceptors (Lipinski definition) is 4. The maximum absolute atomic E-state index is 5.77. The minimum atomic E-state index is 0.778. The first-order valence-corrected chi connectivity index (χ1v) is 25.4. The van der Waals surface area contributed by atoms with Crippen molar-refractivity contribution in [1.82, 2.24) is 18.3 Å². The third-order valence-corrected chi connectivity index (χ3v) is 14.7. The Labute approximate surface area is 439 Å². The Morgan fingerprint density at radius 1 is 0.211 bits per heavy atom. The summed E-state index contributed by atoms with van der Waals surface area (Å²) < 4.78 is 32.8. The van der Waals surface area contributed by atoms with Crippen molar-refractivity contribution in [3.8, 4) is 45.7 Å². The van der Waals surface area contributed by atoms with Gasteiger partial charge < -0.3 is 37.2 Å². The van der Waals surface area contributed by atoms with E-state index < -0.39 is 0 Å². The third kappa shape index (κ3) is 7.69. The molecule has 0 fully saturated rings. The highest BCUT2D eigenvalue weighted by Gasteiger charge is 2.19. The first-order chi connectivity index (χ1) is 37.5. The van der Waals surface area contributed by atoms with E-state index in [1.54, 1.807) is 28.4 Å². The van der Waals surface area contributed by atoms with Crippen molar-refractivity contribution in [3.05, 3.63) is 243 Å². The zero-order valence-corrected chi connectivity index (χ0v) is 42.5. The molecular formula is C68H52N4O4. The summed E-state index contributed by atoms with van der Waals surface area (Å²) in [5, 5.41) is 8.61. The van der Waals surface area contributed by atoms with Gasteiger partial charge in [-0.1, -0.05) is 109 Å². The molecule has 0 N–H and O–H groups in total. The lowest BCUT2D eigenvalue weighted by molar-refractivity contribution is 0.414. The predicted molar refractivity (Wildman–Crippen MR) is 314 cm³/mol. The van der Waals surface area contributed by atoms with Crippen molar-refractivity contribution >= 4 is 87.2 Å². The van der Waals surface area contributed by atoms with E-state index in [0.717, 1.165) is 133 Å². The van der Waals surface area contributed by atoms with Crippen LogP contribution in [0.2, 0.25) is 0 Å². The molecule has 368 valence electrons. The van der Waals surface area contributed by atoms with E-state index in [1.165, 1.54) is 0 Å². The summed E-state index contributed by atoms with van der Waals surface area (Å²) in [6, 6.07) is 86.7. The molecule has 0 aliphatic rings. The molecule has 0 spiro atoms. The summed E-state index contributed by atoms with van der Waals surface area (Å²) >= 11 is 0. The quantitative estimate of drug-likeness (QED) is 0.142. The van der Waals surface area contributed by atoms with Gasteiger partial charge in [-0.05, 0) is 133 Å². The van der Waals surface area contributed by atoms with Crippen molar-refractivity contribution in [2.45, 2.75) is 0 Å². The fraction of sp³-hybridized carbons (Fsp3) is 0.0588. The minimum absolute atomic E-state index is 0.778. The van der Waals surface area contributed by atoms with Gasteiger partial charge in [0.2, 0.25) is 0 Å². The molecule has 1 heterocycles. The van der Waals surface area contributed by atoms with Crippen LogP contribution >= 0.6 is 0 Å². The van der Waals surface area contributed by atoms with E-state index in [1.807, 2.05) is 48.5 Å². The van der Waals surface area contributed by atoms with Crippen molar-refractivity contribution in [3.63, 3.8) is 0 Å². The summed E-state index contributed by atoms with van der Waals surface area (Å²) in [6.07, 6.45) is 0. The Kier molecular flexibility index (Phi) is 11.6. The van der Waals surface area contributed by atoms with Gasteiger partial charge in [-0.2, -0.15) is 0 Å². The molecule has 0 unspecified atom stereocenters. The van der Waals surface area contributed by atoms with Gasteiger partial charge >= 0.3 is 0 Å². The Balaban J connectivity index is 1.39. The Morgan fingerprint density at radius 3 is 0.566 bits per heavy atom. The first-order valence-electron chi connectivity index (χ1n) is 25.4. The normalized spacial score (nSPS) is 11.4. The molecule has 12 aromatic carbocycles. The van der Waals surface area contributed by atoms with Crippen LogP contribution in [0.5, 0.6) is 23.0 Å². The highest BCUT2D eigenvalue weighted by atomic mass is 16.5. The van der Waals surface area contributed by atoms with E-state index in [-0.39, 0.29) is 0 Å². The smallest absolute Gasteiger partial charge is 0.119 e. The summed E-state index contributed by atoms with van der Waals surface area (Å²) in [4.78, 5) is 0. The average Bonchev–Trinajstić information content (AvgIpc) is 3.64. The lowest BCUT2D eigenvalue weighted by Gasteiger charge is -2.22. The lowest BCUT2D eigenvalue weighted by Crippen LogP contribution is -2.04. The van der Waals surface area contributed by atoms with Gasteiger partial charge in [0, 0.05) is 87.9 Å². The molecule has 0 saturated carbocycles. The van der Waals surface area contributed by atoms with E-state index in [9.17, 15) is 0 Å². The fourth-order valence-electron chi connectivity index (χ4n) is 11.2. The summed E-state index contributed by atoms with van der Waals surface area (Å²) in [6.45, 7) is 0. The average molecular weight is 989 g/mol. The van der Waals surface area contributed by atoms with Crippen molar-refractivity contribution in [2.75, 3.05) is 28.4 Å². The molecule has 0 aliphatic heterocycles. The van der Waals surface area contributed by atoms with Gasteiger partial charge in [0.15, 0.2) is 0 Å². The molecule has 0 aliphatic carbocycles. The number of rotatable bonds is 8. The van der Waals surface area contributed by atoms with Crippen molar-refractivity contribution < 1.29 is 18.9 Å². The molecular weight excluding hydrogens is 937 g/mol. The van der Waals surface area contributed by atoms with Gasteiger partial charge in [0.25, 0.3) is 0 Å². The fourth-order valence-corrected chi connectivity index (χ4v) is 11.2. The molecule has 8 heteroatoms. The Hall–Kier alpha value is -9.92. The minimum Gasteiger partial charge on any atom is -0.497 e. The first kappa shape index (κ1) is 45.9. The summed E-state index contributed by atoms with van der Waals surface area (Å²) in [7, 11) is 6.85. The maximum atomic E-state index is 5.77. The second kappa shape index (κ2) is 19.2. The number of aromatic nitrogens is 4. The second-order valence-electron chi connectivity index (χ2n) is 18.8. The van der Waals surface area contributed by atoms with Crippen molar-refractivity contribution in [1.29, 1.82) is 0 Å². The van der Waals surface area contributed by atoms with Gasteiger partial charge in [0.05, 0.1) is 50.5 Å². The van der Waals surface area contributed by atoms with Crippen LogP contribution in [0.4, 0.5) is 0 Å². The van der Waals surface area contributed by atoms with Crippen LogP contribution in [-0.4, -0.2) is 46.7 Å². The monoisotopic (exact) mass is 988 g/mol. The topological polar surface area (TPSA) is 56.6 Å². The Bertz CT molecular complexity index is 3850. The molecule has 13 rings (SSSR count). The van der Waals surface area contributed by atoms with E-state index in [0.29, 0.717) is 0 Å². The molecule has 1 aromatic heterocycles. The summed E-state index contributed by atoms with van der Waals surface area (Å²) in [5.74, 6) is 3.11. The zero-order chi connectivity index (χ0) is 51.3. The van der Waals surface area contributed by atoms with Crippen LogP contribution in [0.3, 0.4) is 0 Å². The number of benzene rings is 12. The maximum Gasteiger partial charge on any atom is 0.119 e. The van der Waals surface area contributed by atoms with E-state index in [4.69, 9.17) is 18.9 Å². The molecule has 13 aromatic rings. The zero-order valence-electron chi connectivity index (χ0n) is 42.5. The molecule has 0 amide bonds. The van der Waals surface area contributed by atoms with Crippen LogP contribution in [0, 0.1) is 0 Å². The van der Waals surface area contributed by atoms with Crippen molar-refractivity contribution in [2.24, 2.45) is 0 Å². The van der Waals surface area contributed by atoms with Crippen LogP contribution in [0.25, 0.3) is 110 Å². The molecule has 76 heavy (non-hydrogen) atoms. The predicted octanol–water partition coefficient (Wildman–Crippen LogP) is 16.9. The molecule has 0 atom stereocenters. The van der Waals surface area contributed by atoms with Crippen LogP contribution in [0.1, 0.15) is 0 Å². The number of nitrogens with zero attached hydrogens (tertiary/aromatic N) is 4. The lowest BCUT2D eigenvalue weighted by atomic mass is 9.98. The van der Waals surface area contributed by atoms with Crippen LogP contribution < -0.4 is 18.9 Å². The number of ether oxygens (including phenoxy) is 4. The second-order valence-corrected chi connectivity index (χ2v) is 18.8.